The van der Waals surface area contributed by atoms with Crippen LogP contribution in [-0.2, 0) is 13.2 Å². The molecule has 0 saturated heterocycles. The van der Waals surface area contributed by atoms with Gasteiger partial charge in [0.2, 0.25) is 0 Å². The average molecular weight is 265 g/mol. The number of nitrogens with zero attached hydrogens (tertiary/aromatic N) is 3. The van der Waals surface area contributed by atoms with E-state index < -0.39 is 0 Å². The molecule has 0 radical (unpaired) electrons. The molecule has 0 amide bonds. The second-order valence-corrected chi connectivity index (χ2v) is 4.48. The number of hydrogen-bond donors (Lipinski definition) is 0. The SMILES string of the molecule is c1ccc(COc2ccccc2Cn2ccnn2)cc1. The van der Waals surface area contributed by atoms with Crippen molar-refractivity contribution < 1.29 is 4.74 Å². The van der Waals surface area contributed by atoms with E-state index >= 15 is 0 Å². The summed E-state index contributed by atoms with van der Waals surface area (Å²) in [4.78, 5) is 0. The second-order valence-electron chi connectivity index (χ2n) is 4.48. The molecule has 20 heavy (non-hydrogen) atoms. The fourth-order valence-corrected chi connectivity index (χ4v) is 2.00. The highest BCUT2D eigenvalue weighted by atomic mass is 16.5. The van der Waals surface area contributed by atoms with Gasteiger partial charge in [0.25, 0.3) is 0 Å². The lowest BCUT2D eigenvalue weighted by molar-refractivity contribution is 0.302. The standard InChI is InChI=1S/C16H15N3O/c1-2-6-14(7-3-1)13-20-16-9-5-4-8-15(16)12-19-11-10-17-18-19/h1-11H,12-13H2. The van der Waals surface area contributed by atoms with Crippen LogP contribution in [0.25, 0.3) is 0 Å². The van der Waals surface area contributed by atoms with E-state index in [4.69, 9.17) is 4.74 Å². The predicted molar refractivity (Wildman–Crippen MR) is 76.3 cm³/mol. The maximum Gasteiger partial charge on any atom is 0.124 e. The van der Waals surface area contributed by atoms with E-state index in [-0.39, 0.29) is 0 Å². The predicted octanol–water partition coefficient (Wildman–Crippen LogP) is 2.91. The van der Waals surface area contributed by atoms with Gasteiger partial charge >= 0.3 is 0 Å². The largest absolute Gasteiger partial charge is 0.489 e. The van der Waals surface area contributed by atoms with Crippen molar-refractivity contribution in [1.82, 2.24) is 15.0 Å². The minimum absolute atomic E-state index is 0.565. The molecule has 1 heterocycles. The monoisotopic (exact) mass is 265 g/mol. The van der Waals surface area contributed by atoms with Crippen LogP contribution in [0.5, 0.6) is 5.75 Å². The Balaban J connectivity index is 1.73. The van der Waals surface area contributed by atoms with Gasteiger partial charge in [-0.25, -0.2) is 4.68 Å². The van der Waals surface area contributed by atoms with Crippen molar-refractivity contribution in [2.24, 2.45) is 0 Å². The van der Waals surface area contributed by atoms with Gasteiger partial charge in [0.1, 0.15) is 12.4 Å². The number of aromatic nitrogens is 3. The van der Waals surface area contributed by atoms with Crippen LogP contribution >= 0.6 is 0 Å². The normalized spacial score (nSPS) is 10.4. The van der Waals surface area contributed by atoms with Crippen LogP contribution in [-0.4, -0.2) is 15.0 Å². The molecule has 4 nitrogen and oxygen atoms in total. The molecule has 0 spiro atoms. The van der Waals surface area contributed by atoms with Gasteiger partial charge in [-0.05, 0) is 11.6 Å². The summed E-state index contributed by atoms with van der Waals surface area (Å²) in [5.41, 5.74) is 2.25. The van der Waals surface area contributed by atoms with Crippen LogP contribution < -0.4 is 4.74 Å². The fraction of sp³-hybridized carbons (Fsp3) is 0.125. The van der Waals surface area contributed by atoms with Crippen molar-refractivity contribution in [3.8, 4) is 5.75 Å². The van der Waals surface area contributed by atoms with Crippen LogP contribution in [0.4, 0.5) is 0 Å². The Bertz CT molecular complexity index is 651. The molecule has 0 unspecified atom stereocenters. The van der Waals surface area contributed by atoms with Crippen LogP contribution in [0.2, 0.25) is 0 Å². The lowest BCUT2D eigenvalue weighted by Gasteiger charge is -2.11. The summed E-state index contributed by atoms with van der Waals surface area (Å²) >= 11 is 0. The van der Waals surface area contributed by atoms with Crippen molar-refractivity contribution in [2.75, 3.05) is 0 Å². The minimum atomic E-state index is 0.565. The number of benzene rings is 2. The van der Waals surface area contributed by atoms with Crippen LogP contribution in [0.3, 0.4) is 0 Å². The Morgan fingerprint density at radius 1 is 0.950 bits per heavy atom. The van der Waals surface area contributed by atoms with E-state index in [1.165, 1.54) is 0 Å². The number of para-hydroxylation sites is 1. The minimum Gasteiger partial charge on any atom is -0.489 e. The van der Waals surface area contributed by atoms with Gasteiger partial charge in [0.05, 0.1) is 12.7 Å². The molecule has 2 aromatic carbocycles. The van der Waals surface area contributed by atoms with Crippen molar-refractivity contribution in [1.29, 1.82) is 0 Å². The molecule has 0 fully saturated rings. The van der Waals surface area contributed by atoms with Crippen LogP contribution in [0, 0.1) is 0 Å². The smallest absolute Gasteiger partial charge is 0.124 e. The molecule has 0 atom stereocenters. The summed E-state index contributed by atoms with van der Waals surface area (Å²) in [5.74, 6) is 0.881. The summed E-state index contributed by atoms with van der Waals surface area (Å²) in [6, 6.07) is 18.1. The van der Waals surface area contributed by atoms with Crippen LogP contribution in [0.1, 0.15) is 11.1 Å². The highest BCUT2D eigenvalue weighted by Crippen LogP contribution is 2.20. The molecule has 4 heteroatoms. The maximum atomic E-state index is 5.91. The van der Waals surface area contributed by atoms with E-state index in [2.05, 4.69) is 22.4 Å². The Morgan fingerprint density at radius 3 is 2.55 bits per heavy atom. The Labute approximate surface area is 117 Å². The topological polar surface area (TPSA) is 39.9 Å². The van der Waals surface area contributed by atoms with Gasteiger partial charge in [-0.3, -0.25) is 0 Å². The Kier molecular flexibility index (Phi) is 3.73. The van der Waals surface area contributed by atoms with Gasteiger partial charge in [-0.2, -0.15) is 0 Å². The third-order valence-corrected chi connectivity index (χ3v) is 3.01. The lowest BCUT2D eigenvalue weighted by Crippen LogP contribution is -2.04. The van der Waals surface area contributed by atoms with E-state index in [0.717, 1.165) is 16.9 Å². The molecular formula is C16H15N3O. The number of ether oxygens (including phenoxy) is 1. The van der Waals surface area contributed by atoms with Crippen LogP contribution in [0.15, 0.2) is 67.0 Å². The summed E-state index contributed by atoms with van der Waals surface area (Å²) in [7, 11) is 0. The van der Waals surface area contributed by atoms with Crippen molar-refractivity contribution >= 4 is 0 Å². The van der Waals surface area contributed by atoms with Crippen molar-refractivity contribution in [2.45, 2.75) is 13.2 Å². The first-order valence-electron chi connectivity index (χ1n) is 6.50. The van der Waals surface area contributed by atoms with E-state index in [9.17, 15) is 0 Å². The van der Waals surface area contributed by atoms with Gasteiger partial charge in [-0.15, -0.1) is 5.10 Å². The molecular weight excluding hydrogens is 250 g/mol. The zero-order valence-electron chi connectivity index (χ0n) is 11.0. The molecule has 3 rings (SSSR count). The van der Waals surface area contributed by atoms with Crippen molar-refractivity contribution in [3.63, 3.8) is 0 Å². The average Bonchev–Trinajstić information content (AvgIpc) is 3.00. The molecule has 0 N–H and O–H groups in total. The number of rotatable bonds is 5. The van der Waals surface area contributed by atoms with E-state index in [0.29, 0.717) is 13.2 Å². The molecule has 1 aromatic heterocycles. The molecule has 0 aliphatic heterocycles. The first-order chi connectivity index (χ1) is 9.92. The Hall–Kier alpha value is -2.62. The Morgan fingerprint density at radius 2 is 1.75 bits per heavy atom. The van der Waals surface area contributed by atoms with Crippen molar-refractivity contribution in [3.05, 3.63) is 78.1 Å². The summed E-state index contributed by atoms with van der Waals surface area (Å²) in [6.07, 6.45) is 3.52. The molecule has 0 aliphatic carbocycles. The summed E-state index contributed by atoms with van der Waals surface area (Å²) < 4.78 is 7.69. The maximum absolute atomic E-state index is 5.91. The third-order valence-electron chi connectivity index (χ3n) is 3.01. The highest BCUT2D eigenvalue weighted by Gasteiger charge is 2.04. The molecule has 3 aromatic rings. The van der Waals surface area contributed by atoms with Gasteiger partial charge in [0.15, 0.2) is 0 Å². The molecule has 100 valence electrons. The molecule has 0 bridgehead atoms. The number of hydrogen-bond acceptors (Lipinski definition) is 3. The van der Waals surface area contributed by atoms with Gasteiger partial charge in [-0.1, -0.05) is 53.7 Å². The van der Waals surface area contributed by atoms with E-state index in [1.807, 2.05) is 48.7 Å². The van der Waals surface area contributed by atoms with Gasteiger partial charge in [0, 0.05) is 11.8 Å². The van der Waals surface area contributed by atoms with Gasteiger partial charge < -0.3 is 4.74 Å². The first kappa shape index (κ1) is 12.4. The zero-order chi connectivity index (χ0) is 13.6. The second kappa shape index (κ2) is 6.02. The zero-order valence-corrected chi connectivity index (χ0v) is 11.0. The lowest BCUT2D eigenvalue weighted by atomic mass is 10.2. The molecule has 0 saturated carbocycles. The summed E-state index contributed by atoms with van der Waals surface area (Å²) in [6.45, 7) is 1.22. The molecule has 0 aliphatic rings. The van der Waals surface area contributed by atoms with E-state index in [1.54, 1.807) is 10.9 Å². The third kappa shape index (κ3) is 3.03. The summed E-state index contributed by atoms with van der Waals surface area (Å²) in [5, 5.41) is 7.80. The first-order valence-corrected chi connectivity index (χ1v) is 6.50. The fourth-order valence-electron chi connectivity index (χ4n) is 2.00. The quantitative estimate of drug-likeness (QED) is 0.712. The highest BCUT2D eigenvalue weighted by molar-refractivity contribution is 5.33.